The first-order valence-corrected chi connectivity index (χ1v) is 9.36. The van der Waals surface area contributed by atoms with E-state index in [4.69, 9.17) is 0 Å². The van der Waals surface area contributed by atoms with Crippen molar-refractivity contribution < 1.29 is 4.79 Å². The summed E-state index contributed by atoms with van der Waals surface area (Å²) in [4.78, 5) is 18.9. The Bertz CT molecular complexity index is 650. The number of carbonyl (C=O) groups excluding carboxylic acids is 1. The summed E-state index contributed by atoms with van der Waals surface area (Å²) in [5.41, 5.74) is 0.998. The second-order valence-electron chi connectivity index (χ2n) is 6.30. The van der Waals surface area contributed by atoms with E-state index in [1.165, 1.54) is 32.1 Å². The van der Waals surface area contributed by atoms with Gasteiger partial charge in [-0.1, -0.05) is 44.2 Å². The lowest BCUT2D eigenvalue weighted by molar-refractivity contribution is -0.127. The quantitative estimate of drug-likeness (QED) is 0.752. The van der Waals surface area contributed by atoms with E-state index in [1.807, 2.05) is 36.2 Å². The van der Waals surface area contributed by atoms with Crippen LogP contribution < -0.4 is 0 Å². The number of hydrogen-bond acceptors (Lipinski definition) is 3. The minimum Gasteiger partial charge on any atom is -0.339 e. The first-order valence-electron chi connectivity index (χ1n) is 8.54. The Hall–Kier alpha value is -1.68. The number of para-hydroxylation sites is 1. The van der Waals surface area contributed by atoms with Crippen molar-refractivity contribution in [3.05, 3.63) is 35.3 Å². The predicted molar refractivity (Wildman–Crippen MR) is 97.5 cm³/mol. The van der Waals surface area contributed by atoms with Gasteiger partial charge in [-0.3, -0.25) is 4.79 Å². The summed E-state index contributed by atoms with van der Waals surface area (Å²) < 4.78 is 1.16. The molecule has 0 N–H and O–H groups in total. The van der Waals surface area contributed by atoms with Crippen LogP contribution in [-0.4, -0.2) is 28.9 Å². The van der Waals surface area contributed by atoms with E-state index in [9.17, 15) is 4.79 Å². The molecule has 3 rings (SSSR count). The second kappa shape index (κ2) is 7.73. The number of aromatic nitrogens is 1. The molecule has 0 saturated heterocycles. The third-order valence-electron chi connectivity index (χ3n) is 4.65. The molecule has 0 radical (unpaired) electrons. The number of likely N-dealkylation sites (N-methyl/N-ethyl adjacent to an activating group) is 1. The minimum absolute atomic E-state index is 0.0924. The van der Waals surface area contributed by atoms with Crippen LogP contribution in [0.4, 0.5) is 0 Å². The fraction of sp³-hybridized carbons (Fsp3) is 0.474. The van der Waals surface area contributed by atoms with E-state index in [0.29, 0.717) is 6.04 Å². The van der Waals surface area contributed by atoms with Crippen LogP contribution in [-0.2, 0) is 4.79 Å². The lowest BCUT2D eigenvalue weighted by atomic mass is 9.96. The summed E-state index contributed by atoms with van der Waals surface area (Å²) in [5.74, 6) is 0.0924. The molecule has 1 amide bonds. The van der Waals surface area contributed by atoms with Crippen molar-refractivity contribution in [1.82, 2.24) is 9.88 Å². The molecule has 3 nitrogen and oxygen atoms in total. The van der Waals surface area contributed by atoms with Crippen LogP contribution in [0.5, 0.6) is 0 Å². The van der Waals surface area contributed by atoms with Crippen LogP contribution >= 0.6 is 11.3 Å². The van der Waals surface area contributed by atoms with Crippen molar-refractivity contribution in [3.8, 4) is 0 Å². The smallest absolute Gasteiger partial charge is 0.246 e. The molecule has 0 spiro atoms. The first-order chi connectivity index (χ1) is 11.2. The van der Waals surface area contributed by atoms with Gasteiger partial charge in [0.05, 0.1) is 10.2 Å². The maximum Gasteiger partial charge on any atom is 0.246 e. The van der Waals surface area contributed by atoms with Crippen molar-refractivity contribution in [3.63, 3.8) is 0 Å². The SMILES string of the molecule is CN(C(=O)/C=C/c1nc2ccccc2s1)C1CCCCCCC1. The molecule has 1 aliphatic carbocycles. The summed E-state index contributed by atoms with van der Waals surface area (Å²) in [5, 5.41) is 0.894. The fourth-order valence-corrected chi connectivity index (χ4v) is 4.09. The molecule has 1 saturated carbocycles. The van der Waals surface area contributed by atoms with Gasteiger partial charge in [-0.25, -0.2) is 4.98 Å². The summed E-state index contributed by atoms with van der Waals surface area (Å²) in [6.45, 7) is 0. The number of rotatable bonds is 3. The Morgan fingerprint density at radius 1 is 1.17 bits per heavy atom. The molecule has 1 aromatic carbocycles. The van der Waals surface area contributed by atoms with Crippen molar-refractivity contribution in [1.29, 1.82) is 0 Å². The van der Waals surface area contributed by atoms with Crippen LogP contribution in [0.3, 0.4) is 0 Å². The molecule has 0 aliphatic heterocycles. The second-order valence-corrected chi connectivity index (χ2v) is 7.36. The van der Waals surface area contributed by atoms with Crippen molar-refractivity contribution in [2.24, 2.45) is 0 Å². The van der Waals surface area contributed by atoms with Gasteiger partial charge in [0.15, 0.2) is 0 Å². The highest BCUT2D eigenvalue weighted by atomic mass is 32.1. The third kappa shape index (κ3) is 4.20. The standard InChI is InChI=1S/C19H24N2OS/c1-21(15-9-5-3-2-4-6-10-15)19(22)14-13-18-20-16-11-7-8-12-17(16)23-18/h7-8,11-15H,2-6,9-10H2,1H3/b14-13+. The van der Waals surface area contributed by atoms with Gasteiger partial charge in [-0.15, -0.1) is 11.3 Å². The van der Waals surface area contributed by atoms with Gasteiger partial charge in [-0.2, -0.15) is 0 Å². The molecule has 0 bridgehead atoms. The molecular formula is C19H24N2OS. The number of nitrogens with zero attached hydrogens (tertiary/aromatic N) is 2. The monoisotopic (exact) mass is 328 g/mol. The van der Waals surface area contributed by atoms with Crippen LogP contribution in [0.15, 0.2) is 30.3 Å². The average molecular weight is 328 g/mol. The molecule has 2 aromatic rings. The third-order valence-corrected chi connectivity index (χ3v) is 5.65. The van der Waals surface area contributed by atoms with E-state index in [2.05, 4.69) is 11.1 Å². The van der Waals surface area contributed by atoms with E-state index in [0.717, 1.165) is 28.1 Å². The van der Waals surface area contributed by atoms with Gasteiger partial charge in [0, 0.05) is 19.2 Å². The number of amides is 1. The van der Waals surface area contributed by atoms with Crippen LogP contribution in [0.25, 0.3) is 16.3 Å². The number of thiazole rings is 1. The van der Waals surface area contributed by atoms with Crippen LogP contribution in [0, 0.1) is 0 Å². The number of benzene rings is 1. The molecule has 4 heteroatoms. The van der Waals surface area contributed by atoms with Crippen molar-refractivity contribution >= 4 is 33.5 Å². The Morgan fingerprint density at radius 3 is 2.61 bits per heavy atom. The highest BCUT2D eigenvalue weighted by Gasteiger charge is 2.19. The summed E-state index contributed by atoms with van der Waals surface area (Å²) >= 11 is 1.62. The zero-order chi connectivity index (χ0) is 16.1. The first kappa shape index (κ1) is 16.2. The Kier molecular flexibility index (Phi) is 5.44. The van der Waals surface area contributed by atoms with Gasteiger partial charge in [0.2, 0.25) is 5.91 Å². The van der Waals surface area contributed by atoms with E-state index in [1.54, 1.807) is 17.4 Å². The molecule has 1 aromatic heterocycles. The largest absolute Gasteiger partial charge is 0.339 e. The highest BCUT2D eigenvalue weighted by Crippen LogP contribution is 2.23. The Labute approximate surface area is 142 Å². The molecule has 1 aliphatic rings. The summed E-state index contributed by atoms with van der Waals surface area (Å²) in [6, 6.07) is 8.46. The van der Waals surface area contributed by atoms with Gasteiger partial charge in [0.1, 0.15) is 5.01 Å². The molecule has 122 valence electrons. The zero-order valence-electron chi connectivity index (χ0n) is 13.7. The number of carbonyl (C=O) groups is 1. The van der Waals surface area contributed by atoms with Gasteiger partial charge < -0.3 is 4.90 Å². The molecule has 1 fully saturated rings. The lowest BCUT2D eigenvalue weighted by Crippen LogP contribution is -2.36. The highest BCUT2D eigenvalue weighted by molar-refractivity contribution is 7.19. The van der Waals surface area contributed by atoms with E-state index < -0.39 is 0 Å². The maximum absolute atomic E-state index is 12.4. The van der Waals surface area contributed by atoms with Gasteiger partial charge in [-0.05, 0) is 31.1 Å². The topological polar surface area (TPSA) is 33.2 Å². The molecule has 0 atom stereocenters. The van der Waals surface area contributed by atoms with Crippen molar-refractivity contribution in [2.75, 3.05) is 7.05 Å². The van der Waals surface area contributed by atoms with Gasteiger partial charge >= 0.3 is 0 Å². The number of fused-ring (bicyclic) bond motifs is 1. The Morgan fingerprint density at radius 2 is 1.87 bits per heavy atom. The summed E-state index contributed by atoms with van der Waals surface area (Å²) in [7, 11) is 1.94. The Balaban J connectivity index is 1.64. The molecule has 0 unspecified atom stereocenters. The maximum atomic E-state index is 12.4. The molecule has 1 heterocycles. The van der Waals surface area contributed by atoms with Crippen LogP contribution in [0.2, 0.25) is 0 Å². The predicted octanol–water partition coefficient (Wildman–Crippen LogP) is 4.88. The number of hydrogen-bond donors (Lipinski definition) is 0. The fourth-order valence-electron chi connectivity index (χ4n) is 3.22. The van der Waals surface area contributed by atoms with E-state index in [-0.39, 0.29) is 5.91 Å². The van der Waals surface area contributed by atoms with E-state index >= 15 is 0 Å². The zero-order valence-corrected chi connectivity index (χ0v) is 14.5. The average Bonchev–Trinajstić information content (AvgIpc) is 2.94. The lowest BCUT2D eigenvalue weighted by Gasteiger charge is -2.28. The normalized spacial score (nSPS) is 17.3. The minimum atomic E-state index is 0.0924. The van der Waals surface area contributed by atoms with Gasteiger partial charge in [0.25, 0.3) is 0 Å². The summed E-state index contributed by atoms with van der Waals surface area (Å²) in [6.07, 6.45) is 12.2. The van der Waals surface area contributed by atoms with Crippen molar-refractivity contribution in [2.45, 2.75) is 51.0 Å². The van der Waals surface area contributed by atoms with Crippen LogP contribution in [0.1, 0.15) is 50.0 Å². The molecular weight excluding hydrogens is 304 g/mol. The molecule has 23 heavy (non-hydrogen) atoms.